The van der Waals surface area contributed by atoms with Gasteiger partial charge in [0, 0.05) is 27.2 Å². The molecule has 0 aromatic heterocycles. The molecule has 5 nitrogen and oxygen atoms in total. The maximum absolute atomic E-state index is 9.61. The van der Waals surface area contributed by atoms with Gasteiger partial charge in [-0.25, -0.2) is 0 Å². The van der Waals surface area contributed by atoms with Crippen LogP contribution in [-0.4, -0.2) is 26.2 Å². The first-order valence-corrected chi connectivity index (χ1v) is 4.34. The largest absolute Gasteiger partial charge is 0.506 e. The van der Waals surface area contributed by atoms with E-state index in [0.29, 0.717) is 11.4 Å². The summed E-state index contributed by atoms with van der Waals surface area (Å²) in [6, 6.07) is 1.62. The van der Waals surface area contributed by atoms with Crippen LogP contribution in [0.3, 0.4) is 0 Å². The fourth-order valence-corrected chi connectivity index (χ4v) is 1.42. The number of aromatic hydroxyl groups is 1. The molecule has 14 heavy (non-hydrogen) atoms. The van der Waals surface area contributed by atoms with E-state index >= 15 is 0 Å². The molecule has 0 bridgehead atoms. The average Bonchev–Trinajstić information content (AvgIpc) is 2.17. The van der Waals surface area contributed by atoms with Gasteiger partial charge in [-0.2, -0.15) is 0 Å². The first kappa shape index (κ1) is 10.3. The highest BCUT2D eigenvalue weighted by Crippen LogP contribution is 2.40. The highest BCUT2D eigenvalue weighted by Gasteiger charge is 2.12. The molecule has 1 aromatic carbocycles. The molecule has 0 radical (unpaired) electrons. The van der Waals surface area contributed by atoms with E-state index in [1.165, 1.54) is 0 Å². The normalized spacial score (nSPS) is 9.64. The van der Waals surface area contributed by atoms with Crippen molar-refractivity contribution in [3.8, 4) is 5.75 Å². The Morgan fingerprint density at radius 1 is 1.07 bits per heavy atom. The lowest BCUT2D eigenvalue weighted by Crippen LogP contribution is -2.04. The van der Waals surface area contributed by atoms with Crippen molar-refractivity contribution in [3.05, 3.63) is 6.07 Å². The summed E-state index contributed by atoms with van der Waals surface area (Å²) in [5.74, 6) is 0.133. The highest BCUT2D eigenvalue weighted by atomic mass is 16.3. The van der Waals surface area contributed by atoms with Crippen LogP contribution in [0.4, 0.5) is 22.7 Å². The van der Waals surface area contributed by atoms with Crippen molar-refractivity contribution in [1.29, 1.82) is 0 Å². The molecule has 0 fully saturated rings. The van der Waals surface area contributed by atoms with Crippen LogP contribution >= 0.6 is 0 Å². The Hall–Kier alpha value is -1.78. The molecule has 1 rings (SSSR count). The van der Waals surface area contributed by atoms with Gasteiger partial charge in [-0.15, -0.1) is 0 Å². The molecule has 0 spiro atoms. The monoisotopic (exact) mass is 196 g/mol. The zero-order chi connectivity index (χ0) is 10.7. The van der Waals surface area contributed by atoms with Crippen molar-refractivity contribution in [2.75, 3.05) is 42.8 Å². The third kappa shape index (κ3) is 1.48. The number of phenolic OH excluding ortho intramolecular Hbond substituents is 1. The van der Waals surface area contributed by atoms with Gasteiger partial charge in [0.1, 0.15) is 11.4 Å². The SMILES string of the molecule is CNc1cc(O)c(NC)c(N)c1NC. The first-order valence-electron chi connectivity index (χ1n) is 4.34. The molecule has 78 valence electrons. The molecular formula is C9H16N4O. The van der Waals surface area contributed by atoms with E-state index in [1.807, 2.05) is 0 Å². The predicted octanol–water partition coefficient (Wildman–Crippen LogP) is 1.10. The molecule has 6 N–H and O–H groups in total. The molecule has 5 heteroatoms. The Labute approximate surface area is 83.3 Å². The molecule has 0 aliphatic heterocycles. The average molecular weight is 196 g/mol. The Morgan fingerprint density at radius 3 is 2.07 bits per heavy atom. The lowest BCUT2D eigenvalue weighted by molar-refractivity contribution is 0.478. The lowest BCUT2D eigenvalue weighted by atomic mass is 10.1. The minimum absolute atomic E-state index is 0.133. The van der Waals surface area contributed by atoms with Gasteiger partial charge in [-0.1, -0.05) is 0 Å². The first-order chi connectivity index (χ1) is 6.65. The van der Waals surface area contributed by atoms with Crippen LogP contribution in [0.1, 0.15) is 0 Å². The Kier molecular flexibility index (Phi) is 2.91. The predicted molar refractivity (Wildman–Crippen MR) is 61.2 cm³/mol. The number of benzene rings is 1. The van der Waals surface area contributed by atoms with Crippen LogP contribution in [0, 0.1) is 0 Å². The summed E-state index contributed by atoms with van der Waals surface area (Å²) in [4.78, 5) is 0. The molecule has 0 atom stereocenters. The minimum atomic E-state index is 0.133. The number of nitrogens with two attached hydrogens (primary N) is 1. The second-order valence-electron chi connectivity index (χ2n) is 2.86. The Morgan fingerprint density at radius 2 is 1.64 bits per heavy atom. The fraction of sp³-hybridized carbons (Fsp3) is 0.333. The van der Waals surface area contributed by atoms with Crippen molar-refractivity contribution >= 4 is 22.7 Å². The minimum Gasteiger partial charge on any atom is -0.506 e. The van der Waals surface area contributed by atoms with Gasteiger partial charge in [-0.3, -0.25) is 0 Å². The molecule has 0 saturated carbocycles. The molecule has 0 aliphatic carbocycles. The number of hydrogen-bond acceptors (Lipinski definition) is 5. The van der Waals surface area contributed by atoms with Gasteiger partial charge < -0.3 is 26.8 Å². The number of nitrogen functional groups attached to an aromatic ring is 1. The topological polar surface area (TPSA) is 82.3 Å². The van der Waals surface area contributed by atoms with E-state index in [-0.39, 0.29) is 5.75 Å². The van der Waals surface area contributed by atoms with Gasteiger partial charge in [0.25, 0.3) is 0 Å². The van der Waals surface area contributed by atoms with Crippen molar-refractivity contribution in [2.24, 2.45) is 0 Å². The van der Waals surface area contributed by atoms with E-state index in [4.69, 9.17) is 5.73 Å². The van der Waals surface area contributed by atoms with Crippen molar-refractivity contribution in [1.82, 2.24) is 0 Å². The Bertz CT molecular complexity index is 338. The summed E-state index contributed by atoms with van der Waals surface area (Å²) in [6.07, 6.45) is 0. The van der Waals surface area contributed by atoms with Gasteiger partial charge in [-0.05, 0) is 0 Å². The molecule has 0 heterocycles. The van der Waals surface area contributed by atoms with E-state index in [2.05, 4.69) is 16.0 Å². The van der Waals surface area contributed by atoms with Crippen molar-refractivity contribution < 1.29 is 5.11 Å². The molecule has 1 aromatic rings. The van der Waals surface area contributed by atoms with Crippen LogP contribution in [0.5, 0.6) is 5.75 Å². The lowest BCUT2D eigenvalue weighted by Gasteiger charge is -2.16. The van der Waals surface area contributed by atoms with E-state index < -0.39 is 0 Å². The summed E-state index contributed by atoms with van der Waals surface area (Å²) in [6.45, 7) is 0. The zero-order valence-corrected chi connectivity index (χ0v) is 8.60. The van der Waals surface area contributed by atoms with Crippen LogP contribution in [-0.2, 0) is 0 Å². The Balaban J connectivity index is 3.39. The number of phenols is 1. The maximum Gasteiger partial charge on any atom is 0.143 e. The number of rotatable bonds is 3. The van der Waals surface area contributed by atoms with E-state index in [9.17, 15) is 5.11 Å². The second-order valence-corrected chi connectivity index (χ2v) is 2.86. The van der Waals surface area contributed by atoms with Crippen molar-refractivity contribution in [3.63, 3.8) is 0 Å². The van der Waals surface area contributed by atoms with Crippen LogP contribution in [0.15, 0.2) is 6.07 Å². The standard InChI is InChI=1S/C9H16N4O/c1-11-5-4-6(14)9(13-3)7(10)8(5)12-2/h4,11-14H,10H2,1-3H3. The van der Waals surface area contributed by atoms with E-state index in [0.717, 1.165) is 11.4 Å². The van der Waals surface area contributed by atoms with Gasteiger partial charge >= 0.3 is 0 Å². The summed E-state index contributed by atoms with van der Waals surface area (Å²) >= 11 is 0. The number of hydrogen-bond donors (Lipinski definition) is 5. The van der Waals surface area contributed by atoms with Crippen LogP contribution < -0.4 is 21.7 Å². The van der Waals surface area contributed by atoms with Gasteiger partial charge in [0.15, 0.2) is 0 Å². The molecule has 0 unspecified atom stereocenters. The molecule has 0 saturated heterocycles. The van der Waals surface area contributed by atoms with Gasteiger partial charge in [0.05, 0.1) is 17.1 Å². The van der Waals surface area contributed by atoms with Crippen molar-refractivity contribution in [2.45, 2.75) is 0 Å². The van der Waals surface area contributed by atoms with Crippen LogP contribution in [0.2, 0.25) is 0 Å². The third-order valence-corrected chi connectivity index (χ3v) is 2.11. The molecular weight excluding hydrogens is 180 g/mol. The van der Waals surface area contributed by atoms with Crippen LogP contribution in [0.25, 0.3) is 0 Å². The van der Waals surface area contributed by atoms with E-state index in [1.54, 1.807) is 27.2 Å². The summed E-state index contributed by atoms with van der Waals surface area (Å²) in [5, 5.41) is 18.4. The third-order valence-electron chi connectivity index (χ3n) is 2.11. The molecule has 0 aliphatic rings. The highest BCUT2D eigenvalue weighted by molar-refractivity contribution is 5.93. The number of anilines is 4. The quantitative estimate of drug-likeness (QED) is 0.284. The second kappa shape index (κ2) is 3.95. The van der Waals surface area contributed by atoms with Gasteiger partial charge in [0.2, 0.25) is 0 Å². The summed E-state index contributed by atoms with van der Waals surface area (Å²) < 4.78 is 0. The smallest absolute Gasteiger partial charge is 0.143 e. The maximum atomic E-state index is 9.61. The zero-order valence-electron chi connectivity index (χ0n) is 8.60. The molecule has 0 amide bonds. The summed E-state index contributed by atoms with van der Waals surface area (Å²) in [5.41, 5.74) is 8.43. The summed E-state index contributed by atoms with van der Waals surface area (Å²) in [7, 11) is 5.26. The fourth-order valence-electron chi connectivity index (χ4n) is 1.42. The number of nitrogens with one attached hydrogen (secondary N) is 3.